The highest BCUT2D eigenvalue weighted by Crippen LogP contribution is 2.26. The summed E-state index contributed by atoms with van der Waals surface area (Å²) in [6, 6.07) is 13.5. The van der Waals surface area contributed by atoms with Crippen LogP contribution in [0.4, 0.5) is 0 Å². The molecule has 2 aromatic carbocycles. The van der Waals surface area contributed by atoms with Crippen molar-refractivity contribution in [3.63, 3.8) is 0 Å². The largest absolute Gasteiger partial charge is 0.351 e. The van der Waals surface area contributed by atoms with Crippen LogP contribution < -0.4 is 5.32 Å². The summed E-state index contributed by atoms with van der Waals surface area (Å²) in [4.78, 5) is 14.2. The van der Waals surface area contributed by atoms with E-state index in [4.69, 9.17) is 23.2 Å². The van der Waals surface area contributed by atoms with Crippen molar-refractivity contribution in [2.24, 2.45) is 5.41 Å². The second-order valence-corrected chi connectivity index (χ2v) is 8.98. The average Bonchev–Trinajstić information content (AvgIpc) is 3.16. The lowest BCUT2D eigenvalue weighted by atomic mass is 9.92. The molecule has 0 fully saturated rings. The molecule has 0 bridgehead atoms. The van der Waals surface area contributed by atoms with Gasteiger partial charge < -0.3 is 5.32 Å². The standard InChI is InChI=1S/C22H25Cl2N5O/c1-14(2)15-8-10-16(11-9-15)20-26-28-29(27-20)13-22(3,4)21(30)25-12-17-6-5-7-18(23)19(17)24/h5-11,14H,12-13H2,1-4H3,(H,25,30). The van der Waals surface area contributed by atoms with E-state index >= 15 is 0 Å². The molecular weight excluding hydrogens is 421 g/mol. The van der Waals surface area contributed by atoms with Crippen molar-refractivity contribution in [3.05, 3.63) is 63.6 Å². The minimum Gasteiger partial charge on any atom is -0.351 e. The van der Waals surface area contributed by atoms with Crippen LogP contribution in [0, 0.1) is 5.41 Å². The predicted molar refractivity (Wildman–Crippen MR) is 119 cm³/mol. The Morgan fingerprint density at radius 3 is 2.50 bits per heavy atom. The fourth-order valence-corrected chi connectivity index (χ4v) is 3.35. The van der Waals surface area contributed by atoms with E-state index in [2.05, 4.69) is 46.7 Å². The van der Waals surface area contributed by atoms with Gasteiger partial charge in [-0.3, -0.25) is 4.79 Å². The number of aromatic nitrogens is 4. The highest BCUT2D eigenvalue weighted by molar-refractivity contribution is 6.42. The number of carbonyl (C=O) groups excluding carboxylic acids is 1. The monoisotopic (exact) mass is 445 g/mol. The van der Waals surface area contributed by atoms with Gasteiger partial charge in [0, 0.05) is 12.1 Å². The van der Waals surface area contributed by atoms with E-state index in [9.17, 15) is 4.79 Å². The molecule has 1 heterocycles. The average molecular weight is 446 g/mol. The molecule has 6 nitrogen and oxygen atoms in total. The van der Waals surface area contributed by atoms with Crippen LogP contribution in [0.3, 0.4) is 0 Å². The molecule has 0 aliphatic heterocycles. The number of nitrogens with zero attached hydrogens (tertiary/aromatic N) is 4. The van der Waals surface area contributed by atoms with Gasteiger partial charge in [-0.25, -0.2) is 0 Å². The van der Waals surface area contributed by atoms with Gasteiger partial charge >= 0.3 is 0 Å². The second kappa shape index (κ2) is 9.14. The molecule has 0 radical (unpaired) electrons. The van der Waals surface area contributed by atoms with E-state index in [1.54, 1.807) is 12.1 Å². The number of rotatable bonds is 7. The molecule has 1 aromatic heterocycles. The molecule has 3 rings (SSSR count). The molecular formula is C22H25Cl2N5O. The maximum atomic E-state index is 12.7. The summed E-state index contributed by atoms with van der Waals surface area (Å²) in [6.45, 7) is 8.55. The molecule has 0 spiro atoms. The number of carbonyl (C=O) groups is 1. The second-order valence-electron chi connectivity index (χ2n) is 8.20. The first-order chi connectivity index (χ1) is 14.2. The summed E-state index contributed by atoms with van der Waals surface area (Å²) in [6.07, 6.45) is 0. The van der Waals surface area contributed by atoms with Gasteiger partial charge in [-0.15, -0.1) is 10.2 Å². The van der Waals surface area contributed by atoms with Crippen molar-refractivity contribution >= 4 is 29.1 Å². The number of nitrogens with one attached hydrogen (secondary N) is 1. The first-order valence-electron chi connectivity index (χ1n) is 9.76. The van der Waals surface area contributed by atoms with Crippen LogP contribution in [0.1, 0.15) is 44.7 Å². The zero-order chi connectivity index (χ0) is 21.9. The van der Waals surface area contributed by atoms with Crippen LogP contribution >= 0.6 is 23.2 Å². The molecule has 0 aliphatic rings. The summed E-state index contributed by atoms with van der Waals surface area (Å²) in [5, 5.41) is 16.5. The first kappa shape index (κ1) is 22.2. The molecule has 3 aromatic rings. The molecule has 0 unspecified atom stereocenters. The minimum atomic E-state index is -0.746. The van der Waals surface area contributed by atoms with E-state index in [-0.39, 0.29) is 5.91 Å². The van der Waals surface area contributed by atoms with E-state index in [1.165, 1.54) is 10.4 Å². The summed E-state index contributed by atoms with van der Waals surface area (Å²) >= 11 is 12.2. The lowest BCUT2D eigenvalue weighted by Crippen LogP contribution is -2.39. The van der Waals surface area contributed by atoms with Crippen molar-refractivity contribution in [1.82, 2.24) is 25.5 Å². The van der Waals surface area contributed by atoms with E-state index in [0.29, 0.717) is 34.9 Å². The number of amides is 1. The quantitative estimate of drug-likeness (QED) is 0.547. The molecule has 158 valence electrons. The van der Waals surface area contributed by atoms with Gasteiger partial charge in [0.25, 0.3) is 0 Å². The molecule has 30 heavy (non-hydrogen) atoms. The van der Waals surface area contributed by atoms with Gasteiger partial charge in [-0.2, -0.15) is 4.80 Å². The van der Waals surface area contributed by atoms with Gasteiger partial charge in [0.2, 0.25) is 11.7 Å². The van der Waals surface area contributed by atoms with Crippen LogP contribution in [0.15, 0.2) is 42.5 Å². The molecule has 0 atom stereocenters. The number of hydrogen-bond donors (Lipinski definition) is 1. The summed E-state index contributed by atoms with van der Waals surface area (Å²) < 4.78 is 0. The Balaban J connectivity index is 1.64. The fourth-order valence-electron chi connectivity index (χ4n) is 2.97. The molecule has 0 saturated carbocycles. The molecule has 1 N–H and O–H groups in total. The lowest BCUT2D eigenvalue weighted by molar-refractivity contribution is -0.130. The lowest BCUT2D eigenvalue weighted by Gasteiger charge is -2.22. The van der Waals surface area contributed by atoms with Crippen LogP contribution in [-0.2, 0) is 17.9 Å². The van der Waals surface area contributed by atoms with Gasteiger partial charge in [0.15, 0.2) is 0 Å². The van der Waals surface area contributed by atoms with Crippen molar-refractivity contribution in [2.75, 3.05) is 0 Å². The Morgan fingerprint density at radius 1 is 1.13 bits per heavy atom. The van der Waals surface area contributed by atoms with Crippen molar-refractivity contribution in [2.45, 2.75) is 46.7 Å². The Bertz CT molecular complexity index is 1030. The summed E-state index contributed by atoms with van der Waals surface area (Å²) in [5.74, 6) is 0.856. The predicted octanol–water partition coefficient (Wildman–Crippen LogP) is 5.11. The van der Waals surface area contributed by atoms with E-state index in [0.717, 1.165) is 11.1 Å². The molecule has 0 saturated heterocycles. The highest BCUT2D eigenvalue weighted by atomic mass is 35.5. The highest BCUT2D eigenvalue weighted by Gasteiger charge is 2.29. The SMILES string of the molecule is CC(C)c1ccc(-c2nnn(CC(C)(C)C(=O)NCc3cccc(Cl)c3Cl)n2)cc1. The maximum Gasteiger partial charge on any atom is 0.227 e. The Labute approximate surface area is 186 Å². The topological polar surface area (TPSA) is 72.7 Å². The van der Waals surface area contributed by atoms with Gasteiger partial charge in [0.1, 0.15) is 0 Å². The van der Waals surface area contributed by atoms with Crippen molar-refractivity contribution < 1.29 is 4.79 Å². The maximum absolute atomic E-state index is 12.7. The van der Waals surface area contributed by atoms with Crippen LogP contribution in [0.25, 0.3) is 11.4 Å². The fraction of sp³-hybridized carbons (Fsp3) is 0.364. The van der Waals surface area contributed by atoms with Crippen LogP contribution in [-0.4, -0.2) is 26.1 Å². The van der Waals surface area contributed by atoms with Gasteiger partial charge in [-0.05, 0) is 42.2 Å². The number of hydrogen-bond acceptors (Lipinski definition) is 4. The number of benzene rings is 2. The van der Waals surface area contributed by atoms with Crippen molar-refractivity contribution in [1.29, 1.82) is 0 Å². The zero-order valence-corrected chi connectivity index (χ0v) is 19.0. The molecule has 1 amide bonds. The molecule has 0 aliphatic carbocycles. The summed E-state index contributed by atoms with van der Waals surface area (Å²) in [5.41, 5.74) is 2.16. The third-order valence-electron chi connectivity index (χ3n) is 4.91. The van der Waals surface area contributed by atoms with Crippen molar-refractivity contribution in [3.8, 4) is 11.4 Å². The summed E-state index contributed by atoms with van der Waals surface area (Å²) in [7, 11) is 0. The number of tetrazole rings is 1. The zero-order valence-electron chi connectivity index (χ0n) is 17.5. The third-order valence-corrected chi connectivity index (χ3v) is 5.77. The normalized spacial score (nSPS) is 11.7. The van der Waals surface area contributed by atoms with Crippen LogP contribution in [0.5, 0.6) is 0 Å². The first-order valence-corrected chi connectivity index (χ1v) is 10.5. The molecule has 8 heteroatoms. The Hall–Kier alpha value is -2.44. The van der Waals surface area contributed by atoms with E-state index < -0.39 is 5.41 Å². The van der Waals surface area contributed by atoms with Gasteiger partial charge in [-0.1, -0.05) is 73.4 Å². The smallest absolute Gasteiger partial charge is 0.227 e. The van der Waals surface area contributed by atoms with Gasteiger partial charge in [0.05, 0.1) is 22.0 Å². The minimum absolute atomic E-state index is 0.140. The number of halogens is 2. The third kappa shape index (κ3) is 5.18. The van der Waals surface area contributed by atoms with E-state index in [1.807, 2.05) is 32.0 Å². The Kier molecular flexibility index (Phi) is 6.78. The Morgan fingerprint density at radius 2 is 1.83 bits per heavy atom. The van der Waals surface area contributed by atoms with Crippen LogP contribution in [0.2, 0.25) is 10.0 Å².